The number of hydrogen-bond acceptors (Lipinski definition) is 1. The van der Waals surface area contributed by atoms with E-state index < -0.39 is 5.92 Å². The lowest BCUT2D eigenvalue weighted by atomic mass is 9.93. The highest BCUT2D eigenvalue weighted by molar-refractivity contribution is 5.77. The molecule has 0 spiro atoms. The molecule has 80 valence electrons. The van der Waals surface area contributed by atoms with Crippen molar-refractivity contribution >= 4 is 6.29 Å². The molecule has 0 aliphatic heterocycles. The highest BCUT2D eigenvalue weighted by Crippen LogP contribution is 2.44. The molecule has 15 heavy (non-hydrogen) atoms. The van der Waals surface area contributed by atoms with Gasteiger partial charge in [-0.1, -0.05) is 24.3 Å². The molecule has 1 atom stereocenters. The second-order valence-electron chi connectivity index (χ2n) is 4.04. The van der Waals surface area contributed by atoms with Crippen molar-refractivity contribution < 1.29 is 13.6 Å². The zero-order valence-electron chi connectivity index (χ0n) is 8.25. The maximum Gasteiger partial charge on any atom is 0.248 e. The third-order valence-corrected chi connectivity index (χ3v) is 2.97. The summed E-state index contributed by atoms with van der Waals surface area (Å²) in [6.45, 7) is 0. The Morgan fingerprint density at radius 2 is 2.07 bits per heavy atom. The first kappa shape index (κ1) is 10.3. The molecule has 0 saturated heterocycles. The van der Waals surface area contributed by atoms with Gasteiger partial charge in [-0.2, -0.15) is 0 Å². The molecule has 0 N–H and O–H groups in total. The molecule has 0 amide bonds. The summed E-state index contributed by atoms with van der Waals surface area (Å²) in [6.07, 6.45) is 1.02. The van der Waals surface area contributed by atoms with Gasteiger partial charge in [-0.25, -0.2) is 8.78 Å². The molecule has 1 nitrogen and oxygen atoms in total. The van der Waals surface area contributed by atoms with Crippen LogP contribution in [0, 0.1) is 0 Å². The van der Waals surface area contributed by atoms with E-state index in [2.05, 4.69) is 0 Å². The molecule has 1 saturated carbocycles. The zero-order valence-corrected chi connectivity index (χ0v) is 8.25. The normalized spacial score (nSPS) is 24.0. The quantitative estimate of drug-likeness (QED) is 0.684. The van der Waals surface area contributed by atoms with E-state index in [4.69, 9.17) is 0 Å². The van der Waals surface area contributed by atoms with Crippen LogP contribution in [0.5, 0.6) is 0 Å². The number of carbonyl (C=O) groups excluding carboxylic acids is 1. The van der Waals surface area contributed by atoms with Crippen LogP contribution >= 0.6 is 0 Å². The molecule has 1 unspecified atom stereocenters. The Hall–Kier alpha value is -1.25. The van der Waals surface area contributed by atoms with Crippen molar-refractivity contribution in [1.82, 2.24) is 0 Å². The molecular formula is C12H12F2O. The molecule has 0 aromatic heterocycles. The second kappa shape index (κ2) is 3.72. The monoisotopic (exact) mass is 210 g/mol. The molecule has 1 aliphatic rings. The lowest BCUT2D eigenvalue weighted by molar-refractivity contribution is 0.00774. The third-order valence-electron chi connectivity index (χ3n) is 2.97. The highest BCUT2D eigenvalue weighted by Gasteiger charge is 2.40. The van der Waals surface area contributed by atoms with Crippen molar-refractivity contribution in [3.8, 4) is 0 Å². The predicted molar refractivity (Wildman–Crippen MR) is 53.4 cm³/mol. The number of hydrogen-bond donors (Lipinski definition) is 0. The van der Waals surface area contributed by atoms with E-state index in [1.54, 1.807) is 24.3 Å². The first-order valence-corrected chi connectivity index (χ1v) is 5.04. The van der Waals surface area contributed by atoms with Crippen molar-refractivity contribution in [2.45, 2.75) is 31.1 Å². The summed E-state index contributed by atoms with van der Waals surface area (Å²) in [4.78, 5) is 10.8. The van der Waals surface area contributed by atoms with Gasteiger partial charge >= 0.3 is 0 Å². The van der Waals surface area contributed by atoms with Gasteiger partial charge in [0, 0.05) is 18.4 Å². The van der Waals surface area contributed by atoms with Crippen LogP contribution < -0.4 is 0 Å². The van der Waals surface area contributed by atoms with Gasteiger partial charge in [0.05, 0.1) is 0 Å². The Morgan fingerprint density at radius 1 is 1.33 bits per heavy atom. The van der Waals surface area contributed by atoms with Crippen LogP contribution in [0.1, 0.15) is 41.1 Å². The minimum atomic E-state index is -2.55. The van der Waals surface area contributed by atoms with Gasteiger partial charge in [-0.05, 0) is 17.9 Å². The van der Waals surface area contributed by atoms with Crippen LogP contribution in [-0.4, -0.2) is 12.2 Å². The standard InChI is InChI=1S/C12H12F2O/c13-12(14)6-5-9(7-12)11-4-2-1-3-10(11)8-15/h1-4,8-9H,5-7H2. The van der Waals surface area contributed by atoms with Crippen LogP contribution in [0.2, 0.25) is 0 Å². The average Bonchev–Trinajstić information content (AvgIpc) is 2.59. The van der Waals surface area contributed by atoms with Crippen LogP contribution in [0.15, 0.2) is 24.3 Å². The molecule has 1 aromatic carbocycles. The van der Waals surface area contributed by atoms with Gasteiger partial charge in [-0.15, -0.1) is 0 Å². The highest BCUT2D eigenvalue weighted by atomic mass is 19.3. The predicted octanol–water partition coefficient (Wildman–Crippen LogP) is 3.40. The number of rotatable bonds is 2. The van der Waals surface area contributed by atoms with Crippen LogP contribution in [-0.2, 0) is 0 Å². The van der Waals surface area contributed by atoms with Crippen LogP contribution in [0.25, 0.3) is 0 Å². The lowest BCUT2D eigenvalue weighted by Gasteiger charge is -2.12. The maximum absolute atomic E-state index is 13.0. The first-order valence-electron chi connectivity index (χ1n) is 5.04. The van der Waals surface area contributed by atoms with E-state index in [1.807, 2.05) is 0 Å². The number of aldehydes is 1. The first-order chi connectivity index (χ1) is 7.12. The van der Waals surface area contributed by atoms with E-state index in [9.17, 15) is 13.6 Å². The van der Waals surface area contributed by atoms with Gasteiger partial charge in [0.25, 0.3) is 0 Å². The van der Waals surface area contributed by atoms with Crippen LogP contribution in [0.3, 0.4) is 0 Å². The smallest absolute Gasteiger partial charge is 0.248 e. The summed E-state index contributed by atoms with van der Waals surface area (Å²) < 4.78 is 26.1. The SMILES string of the molecule is O=Cc1ccccc1C1CCC(F)(F)C1. The van der Waals surface area contributed by atoms with E-state index in [1.165, 1.54) is 0 Å². The van der Waals surface area contributed by atoms with Crippen molar-refractivity contribution in [3.63, 3.8) is 0 Å². The number of alkyl halides is 2. The van der Waals surface area contributed by atoms with Gasteiger partial charge in [0.2, 0.25) is 5.92 Å². The largest absolute Gasteiger partial charge is 0.298 e. The van der Waals surface area contributed by atoms with E-state index in [-0.39, 0.29) is 18.8 Å². The minimum absolute atomic E-state index is 0.0646. The minimum Gasteiger partial charge on any atom is -0.298 e. The van der Waals surface area contributed by atoms with Crippen molar-refractivity contribution in [2.24, 2.45) is 0 Å². The Bertz CT molecular complexity index is 374. The third kappa shape index (κ3) is 2.06. The Balaban J connectivity index is 2.27. The average molecular weight is 210 g/mol. The molecule has 3 heteroatoms. The molecule has 0 heterocycles. The van der Waals surface area contributed by atoms with E-state index >= 15 is 0 Å². The Kier molecular flexibility index (Phi) is 2.55. The topological polar surface area (TPSA) is 17.1 Å². The van der Waals surface area contributed by atoms with Gasteiger partial charge in [-0.3, -0.25) is 4.79 Å². The molecular weight excluding hydrogens is 198 g/mol. The van der Waals surface area contributed by atoms with Crippen molar-refractivity contribution in [3.05, 3.63) is 35.4 Å². The fourth-order valence-corrected chi connectivity index (χ4v) is 2.21. The van der Waals surface area contributed by atoms with Crippen molar-refractivity contribution in [2.75, 3.05) is 0 Å². The summed E-state index contributed by atoms with van der Waals surface area (Å²) >= 11 is 0. The second-order valence-corrected chi connectivity index (χ2v) is 4.04. The van der Waals surface area contributed by atoms with Gasteiger partial charge < -0.3 is 0 Å². The van der Waals surface area contributed by atoms with E-state index in [0.717, 1.165) is 11.8 Å². The van der Waals surface area contributed by atoms with E-state index in [0.29, 0.717) is 12.0 Å². The van der Waals surface area contributed by atoms with Gasteiger partial charge in [0.15, 0.2) is 0 Å². The number of benzene rings is 1. The molecule has 0 bridgehead atoms. The summed E-state index contributed by atoms with van der Waals surface area (Å²) in [5.74, 6) is -2.72. The molecule has 1 aromatic rings. The summed E-state index contributed by atoms with van der Waals surface area (Å²) in [7, 11) is 0. The molecule has 1 aliphatic carbocycles. The maximum atomic E-state index is 13.0. The van der Waals surface area contributed by atoms with Crippen LogP contribution in [0.4, 0.5) is 8.78 Å². The summed E-state index contributed by atoms with van der Waals surface area (Å²) in [5, 5.41) is 0. The summed E-state index contributed by atoms with van der Waals surface area (Å²) in [6, 6.07) is 6.99. The number of halogens is 2. The fraction of sp³-hybridized carbons (Fsp3) is 0.417. The van der Waals surface area contributed by atoms with Crippen molar-refractivity contribution in [1.29, 1.82) is 0 Å². The fourth-order valence-electron chi connectivity index (χ4n) is 2.21. The molecule has 2 rings (SSSR count). The number of carbonyl (C=O) groups is 1. The lowest BCUT2D eigenvalue weighted by Crippen LogP contribution is -2.09. The zero-order chi connectivity index (χ0) is 10.9. The molecule has 1 fully saturated rings. The Labute approximate surface area is 87.1 Å². The Morgan fingerprint density at radius 3 is 2.67 bits per heavy atom. The summed E-state index contributed by atoms with van der Waals surface area (Å²) in [5.41, 5.74) is 1.31. The van der Waals surface area contributed by atoms with Gasteiger partial charge in [0.1, 0.15) is 6.29 Å². The molecule has 0 radical (unpaired) electrons.